The number of benzene rings is 1. The molecule has 1 aromatic carbocycles. The standard InChI is InChI=1S/C12H9BrF3NO3/c1-2-19-10(18)5-7-3-4-9(13)8(6-17)11(7)20-12(14,15)16/h3-4H,2,5H2,1H3. The summed E-state index contributed by atoms with van der Waals surface area (Å²) in [5, 5.41) is 8.91. The second-order valence-electron chi connectivity index (χ2n) is 3.55. The monoisotopic (exact) mass is 351 g/mol. The maximum Gasteiger partial charge on any atom is 0.573 e. The van der Waals surface area contributed by atoms with Crippen molar-refractivity contribution >= 4 is 21.9 Å². The van der Waals surface area contributed by atoms with Gasteiger partial charge in [-0.1, -0.05) is 6.07 Å². The summed E-state index contributed by atoms with van der Waals surface area (Å²) in [7, 11) is 0. The van der Waals surface area contributed by atoms with Crippen molar-refractivity contribution in [2.45, 2.75) is 19.7 Å². The van der Waals surface area contributed by atoms with Gasteiger partial charge in [-0.05, 0) is 28.9 Å². The van der Waals surface area contributed by atoms with Crippen LogP contribution in [0.1, 0.15) is 18.1 Å². The molecule has 0 bridgehead atoms. The molecule has 0 saturated heterocycles. The first kappa shape index (κ1) is 16.3. The second kappa shape index (κ2) is 6.61. The lowest BCUT2D eigenvalue weighted by molar-refractivity contribution is -0.275. The number of hydrogen-bond acceptors (Lipinski definition) is 4. The van der Waals surface area contributed by atoms with Crippen LogP contribution in [0.5, 0.6) is 5.75 Å². The molecule has 1 rings (SSSR count). The molecular weight excluding hydrogens is 343 g/mol. The van der Waals surface area contributed by atoms with Crippen LogP contribution in [0.4, 0.5) is 13.2 Å². The summed E-state index contributed by atoms with van der Waals surface area (Å²) in [6, 6.07) is 4.25. The highest BCUT2D eigenvalue weighted by Crippen LogP contribution is 2.34. The van der Waals surface area contributed by atoms with Crippen molar-refractivity contribution in [2.24, 2.45) is 0 Å². The fraction of sp³-hybridized carbons (Fsp3) is 0.333. The molecule has 0 aliphatic heterocycles. The molecule has 0 aliphatic carbocycles. The van der Waals surface area contributed by atoms with Gasteiger partial charge in [0.25, 0.3) is 0 Å². The van der Waals surface area contributed by atoms with Crippen molar-refractivity contribution in [1.82, 2.24) is 0 Å². The highest BCUT2D eigenvalue weighted by Gasteiger charge is 2.34. The van der Waals surface area contributed by atoms with Crippen LogP contribution < -0.4 is 4.74 Å². The molecule has 0 aliphatic rings. The minimum Gasteiger partial charge on any atom is -0.466 e. The largest absolute Gasteiger partial charge is 0.573 e. The Morgan fingerprint density at radius 1 is 1.45 bits per heavy atom. The number of alkyl halides is 3. The first-order valence-corrected chi connectivity index (χ1v) is 6.20. The Hall–Kier alpha value is -1.75. The van der Waals surface area contributed by atoms with E-state index in [1.54, 1.807) is 13.0 Å². The Morgan fingerprint density at radius 3 is 2.60 bits per heavy atom. The zero-order chi connectivity index (χ0) is 15.3. The van der Waals surface area contributed by atoms with Crippen molar-refractivity contribution in [3.8, 4) is 11.8 Å². The molecule has 0 amide bonds. The van der Waals surface area contributed by atoms with E-state index in [0.717, 1.165) is 0 Å². The van der Waals surface area contributed by atoms with Gasteiger partial charge in [-0.25, -0.2) is 0 Å². The second-order valence-corrected chi connectivity index (χ2v) is 4.41. The number of carbonyl (C=O) groups excluding carboxylic acids is 1. The molecule has 108 valence electrons. The molecule has 20 heavy (non-hydrogen) atoms. The van der Waals surface area contributed by atoms with Crippen LogP contribution in [0, 0.1) is 11.3 Å². The van der Waals surface area contributed by atoms with Crippen molar-refractivity contribution < 1.29 is 27.4 Å². The zero-order valence-electron chi connectivity index (χ0n) is 10.3. The molecule has 0 unspecified atom stereocenters. The van der Waals surface area contributed by atoms with E-state index in [-0.39, 0.29) is 22.2 Å². The van der Waals surface area contributed by atoms with E-state index in [4.69, 9.17) is 5.26 Å². The van der Waals surface area contributed by atoms with Crippen LogP contribution in [0.2, 0.25) is 0 Å². The van der Waals surface area contributed by atoms with Crippen LogP contribution in [-0.4, -0.2) is 18.9 Å². The van der Waals surface area contributed by atoms with Gasteiger partial charge in [0.1, 0.15) is 11.6 Å². The Kier molecular flexibility index (Phi) is 5.39. The summed E-state index contributed by atoms with van der Waals surface area (Å²) in [5.41, 5.74) is -0.398. The zero-order valence-corrected chi connectivity index (χ0v) is 11.8. The number of nitriles is 1. The average Bonchev–Trinajstić information content (AvgIpc) is 2.31. The van der Waals surface area contributed by atoms with Gasteiger partial charge in [-0.3, -0.25) is 4.79 Å². The van der Waals surface area contributed by atoms with E-state index in [1.807, 2.05) is 0 Å². The molecule has 0 spiro atoms. The van der Waals surface area contributed by atoms with E-state index in [0.29, 0.717) is 0 Å². The number of ether oxygens (including phenoxy) is 2. The molecular formula is C12H9BrF3NO3. The fourth-order valence-electron chi connectivity index (χ4n) is 1.44. The summed E-state index contributed by atoms with van der Waals surface area (Å²) in [5.74, 6) is -1.40. The van der Waals surface area contributed by atoms with Gasteiger partial charge in [0.05, 0.1) is 13.0 Å². The lowest BCUT2D eigenvalue weighted by atomic mass is 10.1. The van der Waals surface area contributed by atoms with Gasteiger partial charge in [0.15, 0.2) is 5.75 Å². The third-order valence-electron chi connectivity index (χ3n) is 2.16. The number of hydrogen-bond donors (Lipinski definition) is 0. The maximum atomic E-state index is 12.4. The topological polar surface area (TPSA) is 59.3 Å². The van der Waals surface area contributed by atoms with Crippen molar-refractivity contribution in [3.63, 3.8) is 0 Å². The minimum absolute atomic E-state index is 0.0690. The van der Waals surface area contributed by atoms with Crippen LogP contribution >= 0.6 is 15.9 Å². The van der Waals surface area contributed by atoms with Gasteiger partial charge in [0.2, 0.25) is 0 Å². The lowest BCUT2D eigenvalue weighted by Crippen LogP contribution is -2.20. The number of rotatable bonds is 4. The van der Waals surface area contributed by atoms with Crippen LogP contribution in [0.15, 0.2) is 16.6 Å². The molecule has 0 N–H and O–H groups in total. The minimum atomic E-state index is -4.96. The quantitative estimate of drug-likeness (QED) is 0.780. The molecule has 0 aromatic heterocycles. The predicted molar refractivity (Wildman–Crippen MR) is 65.9 cm³/mol. The number of carbonyl (C=O) groups is 1. The van der Waals surface area contributed by atoms with E-state index in [1.165, 1.54) is 12.1 Å². The first-order valence-electron chi connectivity index (χ1n) is 5.41. The number of halogens is 4. The molecule has 0 fully saturated rings. The van der Waals surface area contributed by atoms with Crippen molar-refractivity contribution in [1.29, 1.82) is 5.26 Å². The summed E-state index contributed by atoms with van der Waals surface area (Å²) >= 11 is 2.96. The Labute approximate surface area is 121 Å². The molecule has 4 nitrogen and oxygen atoms in total. The summed E-state index contributed by atoms with van der Waals surface area (Å²) in [6.07, 6.45) is -5.38. The normalized spacial score (nSPS) is 10.8. The number of nitrogens with zero attached hydrogens (tertiary/aromatic N) is 1. The first-order chi connectivity index (χ1) is 9.28. The van der Waals surface area contributed by atoms with Gasteiger partial charge in [-0.2, -0.15) is 5.26 Å². The lowest BCUT2D eigenvalue weighted by Gasteiger charge is -2.15. The van der Waals surface area contributed by atoms with E-state index >= 15 is 0 Å². The summed E-state index contributed by atoms with van der Waals surface area (Å²) < 4.78 is 45.8. The van der Waals surface area contributed by atoms with Gasteiger partial charge >= 0.3 is 12.3 Å². The molecule has 0 saturated carbocycles. The van der Waals surface area contributed by atoms with Crippen molar-refractivity contribution in [2.75, 3.05) is 6.61 Å². The smallest absolute Gasteiger partial charge is 0.466 e. The van der Waals surface area contributed by atoms with E-state index in [2.05, 4.69) is 25.4 Å². The van der Waals surface area contributed by atoms with E-state index < -0.39 is 24.5 Å². The van der Waals surface area contributed by atoms with Gasteiger partial charge in [-0.15, -0.1) is 13.2 Å². The van der Waals surface area contributed by atoms with Crippen molar-refractivity contribution in [3.05, 3.63) is 27.7 Å². The fourth-order valence-corrected chi connectivity index (χ4v) is 1.85. The average molecular weight is 352 g/mol. The van der Waals surface area contributed by atoms with Crippen LogP contribution in [-0.2, 0) is 16.0 Å². The van der Waals surface area contributed by atoms with Gasteiger partial charge < -0.3 is 9.47 Å². The van der Waals surface area contributed by atoms with Crippen LogP contribution in [0.25, 0.3) is 0 Å². The third kappa shape index (κ3) is 4.42. The predicted octanol–water partition coefficient (Wildman–Crippen LogP) is 3.32. The van der Waals surface area contributed by atoms with Crippen LogP contribution in [0.3, 0.4) is 0 Å². The molecule has 8 heteroatoms. The number of esters is 1. The third-order valence-corrected chi connectivity index (χ3v) is 2.82. The summed E-state index contributed by atoms with van der Waals surface area (Å²) in [4.78, 5) is 11.4. The highest BCUT2D eigenvalue weighted by atomic mass is 79.9. The van der Waals surface area contributed by atoms with E-state index in [9.17, 15) is 18.0 Å². The molecule has 0 radical (unpaired) electrons. The SMILES string of the molecule is CCOC(=O)Cc1ccc(Br)c(C#N)c1OC(F)(F)F. The Balaban J connectivity index is 3.23. The van der Waals surface area contributed by atoms with Gasteiger partial charge in [0, 0.05) is 10.0 Å². The molecule has 1 aromatic rings. The maximum absolute atomic E-state index is 12.4. The summed E-state index contributed by atoms with van der Waals surface area (Å²) in [6.45, 7) is 1.68. The molecule has 0 atom stereocenters. The Bertz CT molecular complexity index is 552. The Morgan fingerprint density at radius 2 is 2.10 bits per heavy atom. The highest BCUT2D eigenvalue weighted by molar-refractivity contribution is 9.10. The molecule has 0 heterocycles.